The fourth-order valence-electron chi connectivity index (χ4n) is 6.38. The van der Waals surface area contributed by atoms with Gasteiger partial charge in [-0.25, -0.2) is 0 Å². The fourth-order valence-corrected chi connectivity index (χ4v) is 6.38. The first-order valence-corrected chi connectivity index (χ1v) is 10.00. The summed E-state index contributed by atoms with van der Waals surface area (Å²) in [5, 5.41) is 3.14. The van der Waals surface area contributed by atoms with E-state index >= 15 is 0 Å². The van der Waals surface area contributed by atoms with Gasteiger partial charge in [0.15, 0.2) is 5.78 Å². The molecule has 26 heavy (non-hydrogen) atoms. The summed E-state index contributed by atoms with van der Waals surface area (Å²) in [5.41, 5.74) is 0.676. The molecule has 0 aromatic heterocycles. The van der Waals surface area contributed by atoms with Crippen molar-refractivity contribution in [2.24, 2.45) is 23.2 Å². The molecule has 0 spiro atoms. The van der Waals surface area contributed by atoms with E-state index in [9.17, 15) is 9.59 Å². The van der Waals surface area contributed by atoms with Gasteiger partial charge in [-0.15, -0.1) is 0 Å². The molecule has 1 aromatic carbocycles. The molecule has 138 valence electrons. The van der Waals surface area contributed by atoms with Crippen molar-refractivity contribution < 1.29 is 14.3 Å². The third kappa shape index (κ3) is 2.57. The molecule has 1 heterocycles. The fraction of sp³-hybridized carbons (Fsp3) is 0.636. The molecule has 0 radical (unpaired) electrons. The molecule has 4 heteroatoms. The molecule has 1 aliphatic heterocycles. The smallest absolute Gasteiger partial charge is 0.230 e. The van der Waals surface area contributed by atoms with Crippen LogP contribution in [0, 0.1) is 23.2 Å². The number of Topliss-reactive ketones (excluding diaryl/α,β-unsaturated/α-hetero) is 1. The van der Waals surface area contributed by atoms with Gasteiger partial charge in [0.25, 0.3) is 0 Å². The third-order valence-corrected chi connectivity index (χ3v) is 7.03. The number of anilines is 1. The predicted molar refractivity (Wildman–Crippen MR) is 99.3 cm³/mol. The Bertz CT molecular complexity index is 759. The van der Waals surface area contributed by atoms with E-state index in [-0.39, 0.29) is 17.1 Å². The Morgan fingerprint density at radius 2 is 1.69 bits per heavy atom. The van der Waals surface area contributed by atoms with Crippen LogP contribution in [0.4, 0.5) is 5.69 Å². The van der Waals surface area contributed by atoms with Crippen LogP contribution in [0.1, 0.15) is 69.2 Å². The Morgan fingerprint density at radius 1 is 1.08 bits per heavy atom. The van der Waals surface area contributed by atoms with Crippen molar-refractivity contribution in [3.8, 4) is 5.75 Å². The summed E-state index contributed by atoms with van der Waals surface area (Å²) in [6, 6.07) is 5.49. The van der Waals surface area contributed by atoms with E-state index in [4.69, 9.17) is 4.74 Å². The van der Waals surface area contributed by atoms with Gasteiger partial charge in [0.2, 0.25) is 5.91 Å². The molecule has 4 bridgehead atoms. The van der Waals surface area contributed by atoms with Gasteiger partial charge in [-0.05, 0) is 88.3 Å². The van der Waals surface area contributed by atoms with E-state index in [2.05, 4.69) is 5.32 Å². The molecular formula is C22H27NO3. The molecule has 4 aliphatic carbocycles. The molecule has 4 saturated carbocycles. The normalized spacial score (nSPS) is 36.4. The second-order valence-corrected chi connectivity index (χ2v) is 9.82. The van der Waals surface area contributed by atoms with E-state index in [0.717, 1.165) is 42.7 Å². The molecule has 0 saturated heterocycles. The van der Waals surface area contributed by atoms with Crippen molar-refractivity contribution in [1.29, 1.82) is 0 Å². The first-order chi connectivity index (χ1) is 12.3. The Labute approximate surface area is 154 Å². The standard InChI is InChI=1S/C22H27NO3/c1-21(2)12-18(24)17-8-16(3-4-19(17)26-21)23-20(25)22-9-13-5-14(10-22)7-15(6-13)11-22/h3-4,8,13-15H,5-7,9-12H2,1-2H3,(H,23,25). The molecule has 4 fully saturated rings. The monoisotopic (exact) mass is 353 g/mol. The van der Waals surface area contributed by atoms with Crippen molar-refractivity contribution in [2.45, 2.75) is 64.4 Å². The van der Waals surface area contributed by atoms with Crippen LogP contribution >= 0.6 is 0 Å². The SMILES string of the molecule is CC1(C)CC(=O)c2cc(NC(=O)C34CC5CC(CC(C5)C3)C4)ccc2O1. The van der Waals surface area contributed by atoms with Gasteiger partial charge in [-0.2, -0.15) is 0 Å². The van der Waals surface area contributed by atoms with E-state index in [1.165, 1.54) is 19.3 Å². The number of rotatable bonds is 2. The summed E-state index contributed by atoms with van der Waals surface area (Å²) in [6.45, 7) is 3.85. The maximum atomic E-state index is 13.2. The molecule has 0 atom stereocenters. The summed E-state index contributed by atoms with van der Waals surface area (Å²) < 4.78 is 5.92. The van der Waals surface area contributed by atoms with Gasteiger partial charge in [-0.3, -0.25) is 9.59 Å². The molecule has 6 rings (SSSR count). The van der Waals surface area contributed by atoms with Gasteiger partial charge < -0.3 is 10.1 Å². The lowest BCUT2D eigenvalue weighted by atomic mass is 9.49. The average Bonchev–Trinajstić information content (AvgIpc) is 2.53. The van der Waals surface area contributed by atoms with Gasteiger partial charge in [-0.1, -0.05) is 0 Å². The lowest BCUT2D eigenvalue weighted by molar-refractivity contribution is -0.140. The van der Waals surface area contributed by atoms with Crippen LogP contribution in [-0.2, 0) is 4.79 Å². The Hall–Kier alpha value is -1.84. The number of hydrogen-bond donors (Lipinski definition) is 1. The van der Waals surface area contributed by atoms with Crippen LogP contribution in [0.5, 0.6) is 5.75 Å². The zero-order valence-electron chi connectivity index (χ0n) is 15.6. The van der Waals surface area contributed by atoms with Crippen molar-refractivity contribution in [2.75, 3.05) is 5.32 Å². The largest absolute Gasteiger partial charge is 0.487 e. The zero-order valence-corrected chi connectivity index (χ0v) is 15.6. The number of nitrogens with one attached hydrogen (secondary N) is 1. The molecular weight excluding hydrogens is 326 g/mol. The van der Waals surface area contributed by atoms with Crippen LogP contribution in [0.15, 0.2) is 18.2 Å². The number of ether oxygens (including phenoxy) is 1. The summed E-state index contributed by atoms with van der Waals surface area (Å²) in [7, 11) is 0. The molecule has 4 nitrogen and oxygen atoms in total. The highest BCUT2D eigenvalue weighted by Gasteiger charge is 2.54. The zero-order chi connectivity index (χ0) is 18.1. The molecule has 5 aliphatic rings. The molecule has 0 unspecified atom stereocenters. The average molecular weight is 353 g/mol. The van der Waals surface area contributed by atoms with Gasteiger partial charge in [0.1, 0.15) is 11.4 Å². The third-order valence-electron chi connectivity index (χ3n) is 7.03. The number of carbonyl (C=O) groups excluding carboxylic acids is 2. The highest BCUT2D eigenvalue weighted by atomic mass is 16.5. The minimum atomic E-state index is -0.464. The number of fused-ring (bicyclic) bond motifs is 1. The molecule has 1 amide bonds. The topological polar surface area (TPSA) is 55.4 Å². The Balaban J connectivity index is 1.38. The van der Waals surface area contributed by atoms with Crippen molar-refractivity contribution in [3.05, 3.63) is 23.8 Å². The summed E-state index contributed by atoms with van der Waals surface area (Å²) in [5.74, 6) is 3.11. The summed E-state index contributed by atoms with van der Waals surface area (Å²) >= 11 is 0. The number of carbonyl (C=O) groups is 2. The van der Waals surface area contributed by atoms with Crippen LogP contribution in [0.3, 0.4) is 0 Å². The minimum Gasteiger partial charge on any atom is -0.487 e. The van der Waals surface area contributed by atoms with Crippen molar-refractivity contribution in [1.82, 2.24) is 0 Å². The van der Waals surface area contributed by atoms with Gasteiger partial charge in [0, 0.05) is 5.69 Å². The van der Waals surface area contributed by atoms with E-state index in [0.29, 0.717) is 17.7 Å². The van der Waals surface area contributed by atoms with Crippen LogP contribution < -0.4 is 10.1 Å². The quantitative estimate of drug-likeness (QED) is 0.846. The highest BCUT2D eigenvalue weighted by molar-refractivity contribution is 6.02. The van der Waals surface area contributed by atoms with Crippen LogP contribution in [0.25, 0.3) is 0 Å². The number of benzene rings is 1. The van der Waals surface area contributed by atoms with Gasteiger partial charge in [0.05, 0.1) is 17.4 Å². The van der Waals surface area contributed by atoms with Crippen molar-refractivity contribution in [3.63, 3.8) is 0 Å². The lowest BCUT2D eigenvalue weighted by Crippen LogP contribution is -2.51. The Kier molecular flexibility index (Phi) is 3.35. The summed E-state index contributed by atoms with van der Waals surface area (Å²) in [4.78, 5) is 25.7. The summed E-state index contributed by atoms with van der Waals surface area (Å²) in [6.07, 6.45) is 7.49. The van der Waals surface area contributed by atoms with Gasteiger partial charge >= 0.3 is 0 Å². The number of hydrogen-bond acceptors (Lipinski definition) is 3. The lowest BCUT2D eigenvalue weighted by Gasteiger charge is -2.55. The molecule has 1 aromatic rings. The Morgan fingerprint density at radius 3 is 2.31 bits per heavy atom. The maximum Gasteiger partial charge on any atom is 0.230 e. The van der Waals surface area contributed by atoms with E-state index in [1.807, 2.05) is 26.0 Å². The second-order valence-electron chi connectivity index (χ2n) is 9.82. The predicted octanol–water partition coefficient (Wildman–Crippen LogP) is 4.59. The van der Waals surface area contributed by atoms with Crippen molar-refractivity contribution >= 4 is 17.4 Å². The number of ketones is 1. The maximum absolute atomic E-state index is 13.2. The number of amides is 1. The molecule has 1 N–H and O–H groups in total. The van der Waals surface area contributed by atoms with E-state index in [1.54, 1.807) is 6.07 Å². The van der Waals surface area contributed by atoms with Crippen LogP contribution in [-0.4, -0.2) is 17.3 Å². The van der Waals surface area contributed by atoms with Crippen LogP contribution in [0.2, 0.25) is 0 Å². The minimum absolute atomic E-state index is 0.0853. The first kappa shape index (κ1) is 16.3. The first-order valence-electron chi connectivity index (χ1n) is 10.00. The van der Waals surface area contributed by atoms with E-state index < -0.39 is 5.60 Å². The second kappa shape index (κ2) is 5.34. The highest BCUT2D eigenvalue weighted by Crippen LogP contribution is 2.60.